The van der Waals surface area contributed by atoms with Gasteiger partial charge in [0.15, 0.2) is 0 Å². The van der Waals surface area contributed by atoms with Crippen LogP contribution < -0.4 is 15.0 Å². The van der Waals surface area contributed by atoms with E-state index in [-0.39, 0.29) is 18.1 Å². The van der Waals surface area contributed by atoms with Crippen molar-refractivity contribution >= 4 is 22.9 Å². The first-order valence-electron chi connectivity index (χ1n) is 12.7. The molecule has 5 nitrogen and oxygen atoms in total. The standard InChI is InChI=1S/C29H37N3O2S/c1-3-29(33)32(24-10-5-4-6-11-24)25-15-18-31(19-16-25)22-23-9-7-12-26(21-23)34-27(14-17-30-2)28-13-8-20-35-28/h4-13,20-21,25,27,30H,3,14-19,22H2,1-2H3. The van der Waals surface area contributed by atoms with E-state index in [2.05, 4.69) is 52.0 Å². The third-order valence-electron chi connectivity index (χ3n) is 6.63. The van der Waals surface area contributed by atoms with Gasteiger partial charge in [-0.2, -0.15) is 0 Å². The first-order valence-corrected chi connectivity index (χ1v) is 13.6. The lowest BCUT2D eigenvalue weighted by Crippen LogP contribution is -2.47. The number of rotatable bonds is 11. The Morgan fingerprint density at radius 1 is 1.11 bits per heavy atom. The highest BCUT2D eigenvalue weighted by Crippen LogP contribution is 2.29. The Morgan fingerprint density at radius 3 is 2.60 bits per heavy atom. The second-order valence-electron chi connectivity index (χ2n) is 9.12. The monoisotopic (exact) mass is 491 g/mol. The lowest BCUT2D eigenvalue weighted by Gasteiger charge is -2.38. The molecule has 4 rings (SSSR count). The number of hydrogen-bond acceptors (Lipinski definition) is 5. The summed E-state index contributed by atoms with van der Waals surface area (Å²) in [5.74, 6) is 1.13. The molecular weight excluding hydrogens is 454 g/mol. The van der Waals surface area contributed by atoms with Crippen LogP contribution in [0.2, 0.25) is 0 Å². The number of nitrogens with zero attached hydrogens (tertiary/aromatic N) is 2. The third-order valence-corrected chi connectivity index (χ3v) is 7.59. The van der Waals surface area contributed by atoms with Crippen LogP contribution in [0.15, 0.2) is 72.1 Å². The zero-order valence-electron chi connectivity index (χ0n) is 20.9. The number of thiophene rings is 1. The molecule has 1 saturated heterocycles. The Hall–Kier alpha value is -2.67. The van der Waals surface area contributed by atoms with Gasteiger partial charge in [0.05, 0.1) is 0 Å². The summed E-state index contributed by atoms with van der Waals surface area (Å²) < 4.78 is 6.43. The van der Waals surface area contributed by atoms with Crippen LogP contribution in [0.5, 0.6) is 5.75 Å². The quantitative estimate of drug-likeness (QED) is 0.364. The van der Waals surface area contributed by atoms with Crippen LogP contribution >= 0.6 is 11.3 Å². The van der Waals surface area contributed by atoms with E-state index in [4.69, 9.17) is 4.74 Å². The molecule has 2 heterocycles. The summed E-state index contributed by atoms with van der Waals surface area (Å²) in [6.45, 7) is 5.73. The number of carbonyl (C=O) groups excluding carboxylic acids is 1. The van der Waals surface area contributed by atoms with Gasteiger partial charge in [0, 0.05) is 49.1 Å². The van der Waals surface area contributed by atoms with E-state index in [0.29, 0.717) is 6.42 Å². The summed E-state index contributed by atoms with van der Waals surface area (Å²) in [4.78, 5) is 18.5. The van der Waals surface area contributed by atoms with Gasteiger partial charge in [-0.05, 0) is 67.7 Å². The molecule has 186 valence electrons. The van der Waals surface area contributed by atoms with Gasteiger partial charge in [-0.1, -0.05) is 43.3 Å². The number of likely N-dealkylation sites (tertiary alicyclic amines) is 1. The highest BCUT2D eigenvalue weighted by atomic mass is 32.1. The van der Waals surface area contributed by atoms with Crippen LogP contribution in [-0.2, 0) is 11.3 Å². The van der Waals surface area contributed by atoms with Gasteiger partial charge in [0.1, 0.15) is 11.9 Å². The van der Waals surface area contributed by atoms with Crippen LogP contribution in [0.25, 0.3) is 0 Å². The van der Waals surface area contributed by atoms with Crippen molar-refractivity contribution in [3.05, 3.63) is 82.6 Å². The number of piperidine rings is 1. The second-order valence-corrected chi connectivity index (χ2v) is 10.1. The Morgan fingerprint density at radius 2 is 1.91 bits per heavy atom. The summed E-state index contributed by atoms with van der Waals surface area (Å²) in [5, 5.41) is 5.35. The smallest absolute Gasteiger partial charge is 0.226 e. The molecule has 0 aliphatic carbocycles. The number of ether oxygens (including phenoxy) is 1. The Kier molecular flexibility index (Phi) is 9.35. The lowest BCUT2D eigenvalue weighted by molar-refractivity contribution is -0.119. The summed E-state index contributed by atoms with van der Waals surface area (Å²) in [6.07, 6.45) is 3.50. The zero-order chi connectivity index (χ0) is 24.5. The van der Waals surface area contributed by atoms with Gasteiger partial charge in [-0.3, -0.25) is 9.69 Å². The highest BCUT2D eigenvalue weighted by molar-refractivity contribution is 7.10. The fourth-order valence-corrected chi connectivity index (χ4v) is 5.59. The Bertz CT molecular complexity index is 1030. The van der Waals surface area contributed by atoms with Crippen LogP contribution in [0, 0.1) is 0 Å². The van der Waals surface area contributed by atoms with E-state index in [9.17, 15) is 4.79 Å². The van der Waals surface area contributed by atoms with Crippen LogP contribution in [0.1, 0.15) is 49.2 Å². The van der Waals surface area contributed by atoms with E-state index < -0.39 is 0 Å². The number of amides is 1. The summed E-state index contributed by atoms with van der Waals surface area (Å²) in [5.41, 5.74) is 2.28. The molecule has 2 aromatic carbocycles. The fourth-order valence-electron chi connectivity index (χ4n) is 4.80. The molecule has 1 N–H and O–H groups in total. The highest BCUT2D eigenvalue weighted by Gasteiger charge is 2.28. The molecule has 1 unspecified atom stereocenters. The largest absolute Gasteiger partial charge is 0.485 e. The predicted molar refractivity (Wildman–Crippen MR) is 145 cm³/mol. The van der Waals surface area contributed by atoms with Gasteiger partial charge in [-0.25, -0.2) is 0 Å². The van der Waals surface area contributed by atoms with Crippen molar-refractivity contribution in [2.75, 3.05) is 31.6 Å². The van der Waals surface area contributed by atoms with Gasteiger partial charge < -0.3 is 15.0 Å². The first-order chi connectivity index (χ1) is 17.2. The molecule has 1 aliphatic heterocycles. The summed E-state index contributed by atoms with van der Waals surface area (Å²) in [7, 11) is 1.98. The van der Waals surface area contributed by atoms with E-state index in [1.54, 1.807) is 11.3 Å². The van der Waals surface area contributed by atoms with Crippen molar-refractivity contribution in [3.8, 4) is 5.75 Å². The molecule has 1 amide bonds. The number of para-hydroxylation sites is 1. The van der Waals surface area contributed by atoms with Crippen molar-refractivity contribution in [3.63, 3.8) is 0 Å². The number of hydrogen-bond donors (Lipinski definition) is 1. The number of anilines is 1. The molecule has 3 aromatic rings. The van der Waals surface area contributed by atoms with Gasteiger partial charge >= 0.3 is 0 Å². The van der Waals surface area contributed by atoms with E-state index >= 15 is 0 Å². The average Bonchev–Trinajstić information content (AvgIpc) is 3.43. The maximum atomic E-state index is 12.8. The van der Waals surface area contributed by atoms with Crippen LogP contribution in [0.4, 0.5) is 5.69 Å². The van der Waals surface area contributed by atoms with Gasteiger partial charge in [0.2, 0.25) is 5.91 Å². The van der Waals surface area contributed by atoms with E-state index in [1.165, 1.54) is 10.4 Å². The molecule has 0 saturated carbocycles. The number of nitrogens with one attached hydrogen (secondary N) is 1. The van der Waals surface area contributed by atoms with Crippen molar-refractivity contribution in [1.82, 2.24) is 10.2 Å². The zero-order valence-corrected chi connectivity index (χ0v) is 21.7. The second kappa shape index (κ2) is 12.9. The molecule has 1 fully saturated rings. The summed E-state index contributed by atoms with van der Waals surface area (Å²) >= 11 is 1.75. The van der Waals surface area contributed by atoms with Crippen LogP contribution in [-0.4, -0.2) is 43.5 Å². The average molecular weight is 492 g/mol. The fraction of sp³-hybridized carbons (Fsp3) is 0.414. The van der Waals surface area contributed by atoms with Gasteiger partial charge in [-0.15, -0.1) is 11.3 Å². The number of benzene rings is 2. The molecule has 1 aromatic heterocycles. The molecule has 35 heavy (non-hydrogen) atoms. The molecule has 0 radical (unpaired) electrons. The summed E-state index contributed by atoms with van der Waals surface area (Å²) in [6, 6.07) is 23.1. The topological polar surface area (TPSA) is 44.8 Å². The SMILES string of the molecule is CCC(=O)N(c1ccccc1)C1CCN(Cc2cccc(OC(CCNC)c3cccs3)c2)CC1. The molecule has 0 spiro atoms. The molecule has 1 aliphatic rings. The maximum absolute atomic E-state index is 12.8. The Labute approximate surface area is 213 Å². The lowest BCUT2D eigenvalue weighted by atomic mass is 10.0. The Balaban J connectivity index is 1.36. The third kappa shape index (κ3) is 6.94. The molecule has 1 atom stereocenters. The maximum Gasteiger partial charge on any atom is 0.226 e. The van der Waals surface area contributed by atoms with Crippen molar-refractivity contribution in [2.24, 2.45) is 0 Å². The van der Waals surface area contributed by atoms with Crippen molar-refractivity contribution < 1.29 is 9.53 Å². The molecule has 0 bridgehead atoms. The van der Waals surface area contributed by atoms with E-state index in [0.717, 1.165) is 56.9 Å². The predicted octanol–water partition coefficient (Wildman–Crippen LogP) is 5.89. The minimum atomic E-state index is 0.0634. The number of carbonyl (C=O) groups is 1. The van der Waals surface area contributed by atoms with Crippen LogP contribution in [0.3, 0.4) is 0 Å². The van der Waals surface area contributed by atoms with Crippen molar-refractivity contribution in [1.29, 1.82) is 0 Å². The first kappa shape index (κ1) is 25.4. The normalized spacial score (nSPS) is 15.6. The van der Waals surface area contributed by atoms with Crippen molar-refractivity contribution in [2.45, 2.75) is 51.3 Å². The minimum Gasteiger partial charge on any atom is -0.485 e. The molecular formula is C29H37N3O2S. The minimum absolute atomic E-state index is 0.0634. The van der Waals surface area contributed by atoms with E-state index in [1.807, 2.05) is 49.2 Å². The molecule has 6 heteroatoms. The van der Waals surface area contributed by atoms with Gasteiger partial charge in [0.25, 0.3) is 0 Å².